The van der Waals surface area contributed by atoms with Crippen LogP contribution in [0.4, 0.5) is 39.4 Å². The molecule has 1 fully saturated rings. The number of aryl methyl sites for hydroxylation is 1. The summed E-state index contributed by atoms with van der Waals surface area (Å²) in [4.78, 5) is 12.7. The second-order valence-corrected chi connectivity index (χ2v) is 15.5. The molecule has 0 spiro atoms. The highest BCUT2D eigenvalue weighted by molar-refractivity contribution is 7.99. The standard InChI is InChI=1S/C31H34F5N7O3S2/c1-16-13-23(41-40-16)37-28-27(46-6)29(43-11-9-17(10-12-43)42(4)5)39-30(38-28)47-22-8-7-18(14-19(22)32)48(44,45)31(2,3)24-25(35)20(33)15-21(34)26(24)36/h7-8,13-15,17H,9-12H2,1-6H3,(H2,37,38,39,40,41). The van der Waals surface area contributed by atoms with Gasteiger partial charge in [-0.1, -0.05) is 0 Å². The van der Waals surface area contributed by atoms with Gasteiger partial charge in [-0.05, 0) is 77.7 Å². The molecule has 17 heteroatoms. The fourth-order valence-electron chi connectivity index (χ4n) is 5.51. The van der Waals surface area contributed by atoms with E-state index in [1.165, 1.54) is 7.11 Å². The predicted octanol–water partition coefficient (Wildman–Crippen LogP) is 6.35. The molecule has 2 aromatic carbocycles. The van der Waals surface area contributed by atoms with Gasteiger partial charge in [0.05, 0.1) is 22.5 Å². The molecular formula is C31H34F5N7O3S2. The summed E-state index contributed by atoms with van der Waals surface area (Å²) >= 11 is 0.809. The molecular weight excluding hydrogens is 678 g/mol. The van der Waals surface area contributed by atoms with E-state index in [0.29, 0.717) is 42.6 Å². The molecule has 2 N–H and O–H groups in total. The lowest BCUT2D eigenvalue weighted by atomic mass is 10.0. The summed E-state index contributed by atoms with van der Waals surface area (Å²) in [6.45, 7) is 4.91. The van der Waals surface area contributed by atoms with Crippen LogP contribution in [-0.2, 0) is 14.6 Å². The highest BCUT2D eigenvalue weighted by atomic mass is 32.2. The van der Waals surface area contributed by atoms with Gasteiger partial charge in [0.15, 0.2) is 55.7 Å². The lowest BCUT2D eigenvalue weighted by molar-refractivity contribution is 0.248. The van der Waals surface area contributed by atoms with E-state index in [0.717, 1.165) is 56.3 Å². The Balaban J connectivity index is 1.51. The van der Waals surface area contributed by atoms with Gasteiger partial charge in [-0.25, -0.2) is 40.3 Å². The van der Waals surface area contributed by atoms with Gasteiger partial charge in [0.25, 0.3) is 0 Å². The Morgan fingerprint density at radius 2 is 1.65 bits per heavy atom. The van der Waals surface area contributed by atoms with Crippen molar-refractivity contribution in [1.82, 2.24) is 25.1 Å². The number of sulfone groups is 1. The van der Waals surface area contributed by atoms with Crippen molar-refractivity contribution < 1.29 is 35.1 Å². The van der Waals surface area contributed by atoms with Crippen LogP contribution in [0.2, 0.25) is 0 Å². The fraction of sp³-hybridized carbons (Fsp3) is 0.387. The van der Waals surface area contributed by atoms with Gasteiger partial charge in [-0.15, -0.1) is 0 Å². The van der Waals surface area contributed by atoms with E-state index in [4.69, 9.17) is 9.72 Å². The first-order valence-electron chi connectivity index (χ1n) is 14.8. The second kappa shape index (κ2) is 13.5. The zero-order chi connectivity index (χ0) is 35.1. The van der Waals surface area contributed by atoms with E-state index in [1.54, 1.807) is 6.07 Å². The van der Waals surface area contributed by atoms with Crippen molar-refractivity contribution in [3.63, 3.8) is 0 Å². The van der Waals surface area contributed by atoms with Crippen molar-refractivity contribution in [2.75, 3.05) is 44.5 Å². The van der Waals surface area contributed by atoms with Crippen molar-refractivity contribution in [2.24, 2.45) is 0 Å². The number of benzene rings is 2. The summed E-state index contributed by atoms with van der Waals surface area (Å²) < 4.78 is 103. The van der Waals surface area contributed by atoms with Gasteiger partial charge < -0.3 is 19.9 Å². The summed E-state index contributed by atoms with van der Waals surface area (Å²) in [6, 6.07) is 4.99. The highest BCUT2D eigenvalue weighted by Crippen LogP contribution is 2.42. The minimum atomic E-state index is -4.80. The first kappa shape index (κ1) is 35.3. The van der Waals surface area contributed by atoms with E-state index in [1.807, 2.05) is 25.9 Å². The summed E-state index contributed by atoms with van der Waals surface area (Å²) in [7, 11) is 0.734. The number of anilines is 3. The molecule has 0 bridgehead atoms. The summed E-state index contributed by atoms with van der Waals surface area (Å²) in [5.41, 5.74) is -0.542. The summed E-state index contributed by atoms with van der Waals surface area (Å²) in [5.74, 6) is -6.72. The van der Waals surface area contributed by atoms with E-state index in [2.05, 4.69) is 25.4 Å². The Bertz CT molecular complexity index is 1920. The maximum atomic E-state index is 15.6. The number of H-pyrrole nitrogens is 1. The van der Waals surface area contributed by atoms with Gasteiger partial charge in [0, 0.05) is 37.0 Å². The largest absolute Gasteiger partial charge is 0.490 e. The van der Waals surface area contributed by atoms with Crippen molar-refractivity contribution >= 4 is 39.1 Å². The fourth-order valence-corrected chi connectivity index (χ4v) is 7.81. The van der Waals surface area contributed by atoms with Crippen LogP contribution >= 0.6 is 11.8 Å². The molecule has 3 heterocycles. The predicted molar refractivity (Wildman–Crippen MR) is 171 cm³/mol. The molecule has 0 atom stereocenters. The maximum Gasteiger partial charge on any atom is 0.204 e. The first-order chi connectivity index (χ1) is 22.5. The van der Waals surface area contributed by atoms with Crippen molar-refractivity contribution in [3.05, 3.63) is 70.7 Å². The summed E-state index contributed by atoms with van der Waals surface area (Å²) in [5, 5.41) is 10.3. The number of methoxy groups -OCH3 is 1. The Labute approximate surface area is 279 Å². The molecule has 0 aliphatic carbocycles. The maximum absolute atomic E-state index is 15.6. The number of hydrogen-bond donors (Lipinski definition) is 2. The normalized spacial score (nSPS) is 14.5. The topological polar surface area (TPSA) is 116 Å². The number of aromatic amines is 1. The van der Waals surface area contributed by atoms with Gasteiger partial charge in [0.1, 0.15) is 10.6 Å². The van der Waals surface area contributed by atoms with E-state index >= 15 is 4.39 Å². The zero-order valence-electron chi connectivity index (χ0n) is 27.0. The smallest absolute Gasteiger partial charge is 0.204 e. The SMILES string of the molecule is COc1c(Nc2cc(C)[nH]n2)nc(Sc2ccc(S(=O)(=O)C(C)(C)c3c(F)c(F)cc(F)c3F)cc2F)nc1N1CCC(N(C)C)CC1. The quantitative estimate of drug-likeness (QED) is 0.110. The van der Waals surface area contributed by atoms with Gasteiger partial charge >= 0.3 is 0 Å². The van der Waals surface area contributed by atoms with E-state index in [9.17, 15) is 26.0 Å². The van der Waals surface area contributed by atoms with E-state index in [-0.39, 0.29) is 21.9 Å². The van der Waals surface area contributed by atoms with Crippen molar-refractivity contribution in [3.8, 4) is 5.75 Å². The molecule has 0 radical (unpaired) electrons. The average Bonchev–Trinajstić information content (AvgIpc) is 3.44. The molecule has 0 saturated carbocycles. The number of hydrogen-bond acceptors (Lipinski definition) is 10. The molecule has 48 heavy (non-hydrogen) atoms. The van der Waals surface area contributed by atoms with Crippen LogP contribution in [0.3, 0.4) is 0 Å². The molecule has 0 amide bonds. The molecule has 5 rings (SSSR count). The van der Waals surface area contributed by atoms with Gasteiger partial charge in [-0.2, -0.15) is 5.10 Å². The minimum absolute atomic E-state index is 0.0161. The zero-order valence-corrected chi connectivity index (χ0v) is 28.6. The molecule has 2 aromatic heterocycles. The van der Waals surface area contributed by atoms with Gasteiger partial charge in [0.2, 0.25) is 5.75 Å². The number of nitrogens with zero attached hydrogens (tertiary/aromatic N) is 5. The molecule has 258 valence electrons. The van der Waals surface area contributed by atoms with Gasteiger partial charge in [-0.3, -0.25) is 5.10 Å². The summed E-state index contributed by atoms with van der Waals surface area (Å²) in [6.07, 6.45) is 1.72. The van der Waals surface area contributed by atoms with Crippen LogP contribution in [0, 0.1) is 36.0 Å². The molecule has 1 saturated heterocycles. The number of halogens is 5. The number of rotatable bonds is 10. The number of nitrogens with one attached hydrogen (secondary N) is 2. The Kier molecular flexibility index (Phi) is 9.95. The van der Waals surface area contributed by atoms with Crippen molar-refractivity contribution in [2.45, 2.75) is 59.3 Å². The molecule has 1 aliphatic rings. The van der Waals surface area contributed by atoms with Crippen LogP contribution < -0.4 is 15.0 Å². The van der Waals surface area contributed by atoms with Crippen LogP contribution in [0.25, 0.3) is 0 Å². The Hall–Kier alpha value is -3.96. The lowest BCUT2D eigenvalue weighted by Crippen LogP contribution is -2.42. The molecule has 0 unspecified atom stereocenters. The third kappa shape index (κ3) is 6.67. The van der Waals surface area contributed by atoms with Crippen LogP contribution in [-0.4, -0.2) is 73.8 Å². The average molecular weight is 712 g/mol. The first-order valence-corrected chi connectivity index (χ1v) is 17.1. The Morgan fingerprint density at radius 1 is 1.00 bits per heavy atom. The lowest BCUT2D eigenvalue weighted by Gasteiger charge is -2.36. The molecule has 10 nitrogen and oxygen atoms in total. The second-order valence-electron chi connectivity index (χ2n) is 12.0. The third-order valence-electron chi connectivity index (χ3n) is 8.28. The molecule has 1 aliphatic heterocycles. The monoisotopic (exact) mass is 711 g/mol. The van der Waals surface area contributed by atoms with Crippen LogP contribution in [0.15, 0.2) is 45.3 Å². The number of ether oxygens (including phenoxy) is 1. The van der Waals surface area contributed by atoms with Crippen molar-refractivity contribution in [1.29, 1.82) is 0 Å². The number of aromatic nitrogens is 4. The molecule has 4 aromatic rings. The van der Waals surface area contributed by atoms with E-state index < -0.39 is 54.1 Å². The Morgan fingerprint density at radius 3 is 2.19 bits per heavy atom. The number of piperidine rings is 1. The van der Waals surface area contributed by atoms with Crippen LogP contribution in [0.1, 0.15) is 37.9 Å². The highest BCUT2D eigenvalue weighted by Gasteiger charge is 2.44. The minimum Gasteiger partial charge on any atom is -0.490 e. The van der Waals surface area contributed by atoms with Crippen LogP contribution in [0.5, 0.6) is 5.75 Å². The third-order valence-corrected chi connectivity index (χ3v) is 11.6.